The summed E-state index contributed by atoms with van der Waals surface area (Å²) in [5, 5.41) is 5.38. The van der Waals surface area contributed by atoms with Crippen LogP contribution in [-0.4, -0.2) is 35.8 Å². The number of nitrogens with zero attached hydrogens (tertiary/aromatic N) is 1. The van der Waals surface area contributed by atoms with Crippen molar-refractivity contribution in [1.29, 1.82) is 0 Å². The van der Waals surface area contributed by atoms with Gasteiger partial charge in [-0.15, -0.1) is 0 Å². The van der Waals surface area contributed by atoms with Crippen molar-refractivity contribution in [3.05, 3.63) is 65.0 Å². The third-order valence-electron chi connectivity index (χ3n) is 4.39. The van der Waals surface area contributed by atoms with Gasteiger partial charge in [-0.25, -0.2) is 9.18 Å². The van der Waals surface area contributed by atoms with Crippen LogP contribution in [0.1, 0.15) is 40.1 Å². The number of carbonyl (C=O) groups is 3. The maximum Gasteiger partial charge on any atom is 0.319 e. The molecule has 0 atom stereocenters. The van der Waals surface area contributed by atoms with Crippen LogP contribution in [0.2, 0.25) is 0 Å². The highest BCUT2D eigenvalue weighted by Crippen LogP contribution is 2.26. The Morgan fingerprint density at radius 1 is 1.04 bits per heavy atom. The molecule has 28 heavy (non-hydrogen) atoms. The largest absolute Gasteiger partial charge is 0.338 e. The zero-order valence-corrected chi connectivity index (χ0v) is 15.8. The second-order valence-electron chi connectivity index (χ2n) is 7.13. The average molecular weight is 383 g/mol. The number of hydrogen-bond donors (Lipinski definition) is 2. The Balaban J connectivity index is 1.58. The Hall–Kier alpha value is -3.22. The van der Waals surface area contributed by atoms with Crippen molar-refractivity contribution in [2.24, 2.45) is 5.92 Å². The molecule has 2 N–H and O–H groups in total. The molecule has 1 aliphatic heterocycles. The summed E-state index contributed by atoms with van der Waals surface area (Å²) in [6.07, 6.45) is 0.565. The van der Waals surface area contributed by atoms with E-state index in [4.69, 9.17) is 0 Å². The fourth-order valence-corrected chi connectivity index (χ4v) is 3.05. The van der Waals surface area contributed by atoms with E-state index in [2.05, 4.69) is 10.6 Å². The quantitative estimate of drug-likeness (QED) is 0.750. The summed E-state index contributed by atoms with van der Waals surface area (Å²) >= 11 is 0. The minimum atomic E-state index is -0.419. The summed E-state index contributed by atoms with van der Waals surface area (Å²) in [5.74, 6) is -0.768. The van der Waals surface area contributed by atoms with E-state index < -0.39 is 6.03 Å². The van der Waals surface area contributed by atoms with Crippen LogP contribution in [0.4, 0.5) is 14.9 Å². The van der Waals surface area contributed by atoms with Crippen LogP contribution in [0.15, 0.2) is 42.5 Å². The minimum Gasteiger partial charge on any atom is -0.338 e. The van der Waals surface area contributed by atoms with Gasteiger partial charge in [0.05, 0.1) is 11.1 Å². The highest BCUT2D eigenvalue weighted by molar-refractivity contribution is 6.21. The molecule has 0 bridgehead atoms. The number of rotatable bonds is 6. The highest BCUT2D eigenvalue weighted by Gasteiger charge is 2.35. The summed E-state index contributed by atoms with van der Waals surface area (Å²) < 4.78 is 12.9. The Morgan fingerprint density at radius 3 is 2.39 bits per heavy atom. The summed E-state index contributed by atoms with van der Waals surface area (Å²) in [6, 6.07) is 10.4. The highest BCUT2D eigenvalue weighted by atomic mass is 19.1. The first-order chi connectivity index (χ1) is 13.3. The smallest absolute Gasteiger partial charge is 0.319 e. The van der Waals surface area contributed by atoms with Gasteiger partial charge < -0.3 is 10.6 Å². The van der Waals surface area contributed by atoms with E-state index in [-0.39, 0.29) is 23.5 Å². The van der Waals surface area contributed by atoms with Crippen LogP contribution in [0.3, 0.4) is 0 Å². The predicted molar refractivity (Wildman–Crippen MR) is 104 cm³/mol. The van der Waals surface area contributed by atoms with Gasteiger partial charge in [0.15, 0.2) is 0 Å². The molecular weight excluding hydrogens is 361 g/mol. The second-order valence-corrected chi connectivity index (χ2v) is 7.13. The molecule has 0 spiro atoms. The fourth-order valence-electron chi connectivity index (χ4n) is 3.05. The van der Waals surface area contributed by atoms with Crippen LogP contribution in [0.25, 0.3) is 0 Å². The molecule has 0 unspecified atom stereocenters. The zero-order chi connectivity index (χ0) is 20.3. The number of halogens is 1. The molecule has 4 amide bonds. The molecule has 1 heterocycles. The average Bonchev–Trinajstić information content (AvgIpc) is 2.87. The van der Waals surface area contributed by atoms with Gasteiger partial charge in [0, 0.05) is 18.8 Å². The third kappa shape index (κ3) is 4.36. The van der Waals surface area contributed by atoms with Crippen LogP contribution >= 0.6 is 0 Å². The lowest BCUT2D eigenvalue weighted by atomic mass is 10.1. The van der Waals surface area contributed by atoms with Gasteiger partial charge in [-0.3, -0.25) is 14.5 Å². The molecule has 0 aliphatic carbocycles. The maximum atomic E-state index is 12.9. The lowest BCUT2D eigenvalue weighted by Gasteiger charge is -2.15. The first-order valence-electron chi connectivity index (χ1n) is 9.14. The molecule has 1 aliphatic rings. The van der Waals surface area contributed by atoms with Crippen LogP contribution in [-0.2, 0) is 6.42 Å². The lowest BCUT2D eigenvalue weighted by Crippen LogP contribution is -2.33. The van der Waals surface area contributed by atoms with Gasteiger partial charge in [0.1, 0.15) is 5.82 Å². The van der Waals surface area contributed by atoms with Gasteiger partial charge in [0.2, 0.25) is 0 Å². The van der Waals surface area contributed by atoms with E-state index in [1.54, 1.807) is 24.3 Å². The molecule has 0 saturated carbocycles. The van der Waals surface area contributed by atoms with E-state index in [9.17, 15) is 18.8 Å². The number of amides is 4. The Labute approximate surface area is 162 Å². The molecule has 3 rings (SSSR count). The number of anilines is 1. The van der Waals surface area contributed by atoms with Crippen molar-refractivity contribution in [3.63, 3.8) is 0 Å². The molecule has 0 fully saturated rings. The second kappa shape index (κ2) is 8.21. The number of carbonyl (C=O) groups excluding carboxylic acids is 3. The summed E-state index contributed by atoms with van der Waals surface area (Å²) in [4.78, 5) is 38.1. The van der Waals surface area contributed by atoms with Gasteiger partial charge in [-0.2, -0.15) is 0 Å². The number of nitrogens with one attached hydrogen (secondary N) is 2. The van der Waals surface area contributed by atoms with E-state index in [1.807, 2.05) is 13.8 Å². The summed E-state index contributed by atoms with van der Waals surface area (Å²) in [5.41, 5.74) is 2.00. The molecule has 2 aromatic rings. The van der Waals surface area contributed by atoms with Crippen LogP contribution in [0, 0.1) is 11.7 Å². The van der Waals surface area contributed by atoms with Crippen molar-refractivity contribution in [3.8, 4) is 0 Å². The number of hydrogen-bond acceptors (Lipinski definition) is 3. The molecule has 7 heteroatoms. The molecule has 0 radical (unpaired) electrons. The van der Waals surface area contributed by atoms with Gasteiger partial charge in [-0.1, -0.05) is 26.0 Å². The van der Waals surface area contributed by atoms with Crippen LogP contribution < -0.4 is 10.6 Å². The standard InChI is InChI=1S/C21H22FN3O3/c1-13(2)12-25-19(26)17-8-7-16(11-18(17)20(25)27)24-21(28)23-10-9-14-3-5-15(22)6-4-14/h3-8,11,13H,9-10,12H2,1-2H3,(H2,23,24,28). The number of urea groups is 1. The van der Waals surface area contributed by atoms with Gasteiger partial charge in [0.25, 0.3) is 11.8 Å². The molecule has 0 saturated heterocycles. The predicted octanol–water partition coefficient (Wildman–Crippen LogP) is 3.44. The molecule has 6 nitrogen and oxygen atoms in total. The zero-order valence-electron chi connectivity index (χ0n) is 15.8. The number of fused-ring (bicyclic) bond motifs is 1. The molecule has 0 aromatic heterocycles. The molecule has 2 aromatic carbocycles. The van der Waals surface area contributed by atoms with E-state index in [0.717, 1.165) is 5.56 Å². The Bertz CT molecular complexity index is 910. The number of benzene rings is 2. The van der Waals surface area contributed by atoms with Crippen molar-refractivity contribution in [2.45, 2.75) is 20.3 Å². The Morgan fingerprint density at radius 2 is 1.71 bits per heavy atom. The van der Waals surface area contributed by atoms with Gasteiger partial charge >= 0.3 is 6.03 Å². The third-order valence-corrected chi connectivity index (χ3v) is 4.39. The SMILES string of the molecule is CC(C)CN1C(=O)c2ccc(NC(=O)NCCc3ccc(F)cc3)cc2C1=O. The molecule has 146 valence electrons. The van der Waals surface area contributed by atoms with Crippen molar-refractivity contribution < 1.29 is 18.8 Å². The van der Waals surface area contributed by atoms with Gasteiger partial charge in [-0.05, 0) is 48.2 Å². The maximum absolute atomic E-state index is 12.9. The van der Waals surface area contributed by atoms with Crippen molar-refractivity contribution in [1.82, 2.24) is 10.2 Å². The van der Waals surface area contributed by atoms with E-state index in [1.165, 1.54) is 23.1 Å². The fraction of sp³-hybridized carbons (Fsp3) is 0.286. The molecular formula is C21H22FN3O3. The minimum absolute atomic E-state index is 0.173. The first kappa shape index (κ1) is 19.5. The van der Waals surface area contributed by atoms with Crippen molar-refractivity contribution >= 4 is 23.5 Å². The normalized spacial score (nSPS) is 13.1. The monoisotopic (exact) mass is 383 g/mol. The number of imide groups is 1. The van der Waals surface area contributed by atoms with E-state index in [0.29, 0.717) is 36.3 Å². The van der Waals surface area contributed by atoms with Crippen molar-refractivity contribution in [2.75, 3.05) is 18.4 Å². The Kier molecular flexibility index (Phi) is 5.73. The summed E-state index contributed by atoms with van der Waals surface area (Å²) in [6.45, 7) is 4.61. The lowest BCUT2D eigenvalue weighted by molar-refractivity contribution is 0.0636. The summed E-state index contributed by atoms with van der Waals surface area (Å²) in [7, 11) is 0. The van der Waals surface area contributed by atoms with E-state index >= 15 is 0 Å². The first-order valence-corrected chi connectivity index (χ1v) is 9.14. The van der Waals surface area contributed by atoms with Crippen LogP contribution in [0.5, 0.6) is 0 Å². The topological polar surface area (TPSA) is 78.5 Å².